The number of aliphatic imine (C=N–C) groups is 1. The van der Waals surface area contributed by atoms with Gasteiger partial charge in [-0.05, 0) is 29.8 Å². The molecule has 0 bridgehead atoms. The third-order valence-corrected chi connectivity index (χ3v) is 4.69. The fraction of sp³-hybridized carbons (Fsp3) is 0.391. The Morgan fingerprint density at radius 2 is 1.78 bits per heavy atom. The molecule has 0 aliphatic heterocycles. The van der Waals surface area contributed by atoms with E-state index >= 15 is 0 Å². The van der Waals surface area contributed by atoms with Crippen molar-refractivity contribution in [2.24, 2.45) is 4.99 Å². The number of nitrogens with zero attached hydrogens (tertiary/aromatic N) is 3. The van der Waals surface area contributed by atoms with Gasteiger partial charge in [-0.1, -0.05) is 12.1 Å². The molecule has 0 aliphatic carbocycles. The third-order valence-electron chi connectivity index (χ3n) is 4.69. The lowest BCUT2D eigenvalue weighted by molar-refractivity contribution is -0.130. The molecule has 0 radical (unpaired) electrons. The van der Waals surface area contributed by atoms with Crippen LogP contribution in [0.2, 0.25) is 0 Å². The second kappa shape index (κ2) is 13.7. The Hall–Kier alpha value is -2.69. The van der Waals surface area contributed by atoms with E-state index in [0.29, 0.717) is 18.8 Å². The maximum Gasteiger partial charge on any atom is 0.259 e. The molecule has 0 fully saturated rings. The number of nitrogens with one attached hydrogen (secondary N) is 1. The molecule has 0 aliphatic rings. The van der Waals surface area contributed by atoms with Crippen LogP contribution >= 0.6 is 24.0 Å². The molecule has 1 amide bonds. The quantitative estimate of drug-likeness (QED) is 0.291. The highest BCUT2D eigenvalue weighted by molar-refractivity contribution is 14.0. The monoisotopic (exact) mass is 556 g/mol. The lowest BCUT2D eigenvalue weighted by Crippen LogP contribution is -2.38. The van der Waals surface area contributed by atoms with Crippen LogP contribution in [0.1, 0.15) is 11.1 Å². The molecule has 176 valence electrons. The predicted octanol–water partition coefficient (Wildman–Crippen LogP) is 3.00. The van der Waals surface area contributed by atoms with Crippen molar-refractivity contribution in [2.75, 3.05) is 49.0 Å². The van der Waals surface area contributed by atoms with Crippen LogP contribution in [0.25, 0.3) is 0 Å². The second-order valence-electron chi connectivity index (χ2n) is 7.16. The van der Waals surface area contributed by atoms with Crippen LogP contribution in [0, 0.1) is 0 Å². The first kappa shape index (κ1) is 27.3. The van der Waals surface area contributed by atoms with E-state index in [4.69, 9.17) is 14.2 Å². The minimum absolute atomic E-state index is 0. The summed E-state index contributed by atoms with van der Waals surface area (Å²) in [4.78, 5) is 19.6. The van der Waals surface area contributed by atoms with E-state index in [1.54, 1.807) is 35.4 Å². The van der Waals surface area contributed by atoms with Crippen molar-refractivity contribution in [3.63, 3.8) is 0 Å². The number of methoxy groups -OCH3 is 2. The maximum atomic E-state index is 11.7. The van der Waals surface area contributed by atoms with Gasteiger partial charge in [-0.15, -0.1) is 24.0 Å². The van der Waals surface area contributed by atoms with E-state index in [1.165, 1.54) is 4.90 Å². The maximum absolute atomic E-state index is 11.7. The van der Waals surface area contributed by atoms with Crippen molar-refractivity contribution in [1.82, 2.24) is 15.1 Å². The Labute approximate surface area is 207 Å². The SMILES string of the molecule is CN=C(NCc1cccc(OCC(=O)N(C)C)c1)N(C)Cc1ccc(OC)cc1OC.I. The smallest absolute Gasteiger partial charge is 0.259 e. The molecule has 8 nitrogen and oxygen atoms in total. The Bertz CT molecular complexity index is 905. The van der Waals surface area contributed by atoms with Gasteiger partial charge < -0.3 is 29.3 Å². The molecule has 0 heterocycles. The van der Waals surface area contributed by atoms with E-state index in [2.05, 4.69) is 10.3 Å². The molecule has 0 saturated heterocycles. The number of likely N-dealkylation sites (N-methyl/N-ethyl adjacent to an activating group) is 1. The Morgan fingerprint density at radius 3 is 2.41 bits per heavy atom. The molecule has 0 atom stereocenters. The molecule has 9 heteroatoms. The average molecular weight is 556 g/mol. The molecule has 2 rings (SSSR count). The molecule has 0 unspecified atom stereocenters. The summed E-state index contributed by atoms with van der Waals surface area (Å²) >= 11 is 0. The molecule has 0 aromatic heterocycles. The fourth-order valence-electron chi connectivity index (χ4n) is 2.90. The molecule has 0 saturated carbocycles. The molecule has 1 N–H and O–H groups in total. The van der Waals surface area contributed by atoms with Crippen LogP contribution in [-0.4, -0.2) is 70.7 Å². The van der Waals surface area contributed by atoms with E-state index in [1.807, 2.05) is 54.4 Å². The zero-order valence-corrected chi connectivity index (χ0v) is 21.9. The first-order valence-electron chi connectivity index (χ1n) is 9.92. The van der Waals surface area contributed by atoms with Crippen molar-refractivity contribution in [1.29, 1.82) is 0 Å². The standard InChI is InChI=1S/C23H32N4O4.HI/c1-24-23(27(4)15-18-10-11-19(29-5)13-21(18)30-6)25-14-17-8-7-9-20(12-17)31-16-22(28)26(2)3;/h7-13H,14-16H2,1-6H3,(H,24,25);1H. The number of ether oxygens (including phenoxy) is 3. The highest BCUT2D eigenvalue weighted by Crippen LogP contribution is 2.25. The van der Waals surface area contributed by atoms with Gasteiger partial charge in [0.1, 0.15) is 17.2 Å². The molecule has 32 heavy (non-hydrogen) atoms. The van der Waals surface area contributed by atoms with Crippen LogP contribution in [0.5, 0.6) is 17.2 Å². The molecule has 2 aromatic rings. The third kappa shape index (κ3) is 8.10. The first-order chi connectivity index (χ1) is 14.9. The van der Waals surface area contributed by atoms with Crippen LogP contribution in [0.4, 0.5) is 0 Å². The number of hydrogen-bond acceptors (Lipinski definition) is 5. The summed E-state index contributed by atoms with van der Waals surface area (Å²) in [6, 6.07) is 13.4. The number of carbonyl (C=O) groups is 1. The van der Waals surface area contributed by atoms with Gasteiger partial charge in [-0.3, -0.25) is 9.79 Å². The first-order valence-corrected chi connectivity index (χ1v) is 9.92. The van der Waals surface area contributed by atoms with Gasteiger partial charge in [-0.2, -0.15) is 0 Å². The van der Waals surface area contributed by atoms with Gasteiger partial charge in [0.2, 0.25) is 0 Å². The highest BCUT2D eigenvalue weighted by Gasteiger charge is 2.12. The second-order valence-corrected chi connectivity index (χ2v) is 7.16. The number of rotatable bonds is 9. The number of halogens is 1. The van der Waals surface area contributed by atoms with Crippen molar-refractivity contribution in [3.8, 4) is 17.2 Å². The summed E-state index contributed by atoms with van der Waals surface area (Å²) in [6.45, 7) is 1.19. The summed E-state index contributed by atoms with van der Waals surface area (Å²) in [7, 11) is 10.4. The number of amides is 1. The zero-order valence-electron chi connectivity index (χ0n) is 19.5. The van der Waals surface area contributed by atoms with Crippen LogP contribution in [0.3, 0.4) is 0 Å². The van der Waals surface area contributed by atoms with Gasteiger partial charge in [0, 0.05) is 52.9 Å². The van der Waals surface area contributed by atoms with Crippen LogP contribution < -0.4 is 19.5 Å². The number of guanidine groups is 1. The lowest BCUT2D eigenvalue weighted by Gasteiger charge is -2.23. The van der Waals surface area contributed by atoms with E-state index in [-0.39, 0.29) is 36.5 Å². The van der Waals surface area contributed by atoms with E-state index in [9.17, 15) is 4.79 Å². The minimum Gasteiger partial charge on any atom is -0.497 e. The number of benzene rings is 2. The number of carbonyl (C=O) groups excluding carboxylic acids is 1. The van der Waals surface area contributed by atoms with Crippen molar-refractivity contribution in [3.05, 3.63) is 53.6 Å². The minimum atomic E-state index is -0.0838. The van der Waals surface area contributed by atoms with E-state index in [0.717, 1.165) is 28.6 Å². The molecule has 2 aromatic carbocycles. The van der Waals surface area contributed by atoms with Gasteiger partial charge in [0.25, 0.3) is 5.91 Å². The Kier molecular flexibility index (Phi) is 11.7. The largest absolute Gasteiger partial charge is 0.497 e. The average Bonchev–Trinajstić information content (AvgIpc) is 2.78. The normalized spacial score (nSPS) is 10.6. The van der Waals surface area contributed by atoms with Gasteiger partial charge in [-0.25, -0.2) is 0 Å². The van der Waals surface area contributed by atoms with Gasteiger partial charge >= 0.3 is 0 Å². The summed E-state index contributed by atoms with van der Waals surface area (Å²) in [5, 5.41) is 3.36. The zero-order chi connectivity index (χ0) is 22.8. The molecular formula is C23H33IN4O4. The molecule has 0 spiro atoms. The van der Waals surface area contributed by atoms with Crippen molar-refractivity contribution in [2.45, 2.75) is 13.1 Å². The van der Waals surface area contributed by atoms with Crippen LogP contribution in [0.15, 0.2) is 47.5 Å². The fourth-order valence-corrected chi connectivity index (χ4v) is 2.90. The van der Waals surface area contributed by atoms with Crippen molar-refractivity contribution < 1.29 is 19.0 Å². The van der Waals surface area contributed by atoms with E-state index < -0.39 is 0 Å². The van der Waals surface area contributed by atoms with Crippen LogP contribution in [-0.2, 0) is 17.9 Å². The molecular weight excluding hydrogens is 523 g/mol. The Balaban J connectivity index is 0.00000512. The number of hydrogen-bond donors (Lipinski definition) is 1. The summed E-state index contributed by atoms with van der Waals surface area (Å²) in [5.74, 6) is 2.83. The van der Waals surface area contributed by atoms with Gasteiger partial charge in [0.05, 0.1) is 14.2 Å². The lowest BCUT2D eigenvalue weighted by atomic mass is 10.2. The summed E-state index contributed by atoms with van der Waals surface area (Å²) in [6.07, 6.45) is 0. The summed E-state index contributed by atoms with van der Waals surface area (Å²) < 4.78 is 16.3. The predicted molar refractivity (Wildman–Crippen MR) is 137 cm³/mol. The summed E-state index contributed by atoms with van der Waals surface area (Å²) in [5.41, 5.74) is 2.04. The Morgan fingerprint density at radius 1 is 1.03 bits per heavy atom. The van der Waals surface area contributed by atoms with Crippen molar-refractivity contribution >= 4 is 35.8 Å². The topological polar surface area (TPSA) is 75.6 Å². The van der Waals surface area contributed by atoms with Gasteiger partial charge in [0.15, 0.2) is 12.6 Å². The highest BCUT2D eigenvalue weighted by atomic mass is 127.